The molecule has 1 spiro atoms. The van der Waals surface area contributed by atoms with Gasteiger partial charge in [-0.3, -0.25) is 4.79 Å². The van der Waals surface area contributed by atoms with Crippen molar-refractivity contribution in [2.24, 2.45) is 5.41 Å². The maximum Gasteiger partial charge on any atom is 0.323 e. The molecule has 0 aromatic carbocycles. The lowest BCUT2D eigenvalue weighted by Crippen LogP contribution is -2.45. The van der Waals surface area contributed by atoms with Crippen LogP contribution in [0.2, 0.25) is 0 Å². The molecule has 0 amide bonds. The molecule has 0 aliphatic carbocycles. The summed E-state index contributed by atoms with van der Waals surface area (Å²) in [6, 6.07) is -0.0857. The van der Waals surface area contributed by atoms with Crippen molar-refractivity contribution in [3.8, 4) is 0 Å². The van der Waals surface area contributed by atoms with Gasteiger partial charge in [-0.25, -0.2) is 0 Å². The molecule has 14 heavy (non-hydrogen) atoms. The fourth-order valence-corrected chi connectivity index (χ4v) is 2.83. The largest absolute Gasteiger partial charge is 0.468 e. The van der Waals surface area contributed by atoms with Crippen LogP contribution in [0.3, 0.4) is 0 Å². The molecule has 2 saturated heterocycles. The van der Waals surface area contributed by atoms with Crippen LogP contribution in [0.1, 0.15) is 12.8 Å². The van der Waals surface area contributed by atoms with Gasteiger partial charge in [0.1, 0.15) is 6.04 Å². The van der Waals surface area contributed by atoms with Crippen molar-refractivity contribution in [2.75, 3.05) is 33.8 Å². The van der Waals surface area contributed by atoms with Crippen molar-refractivity contribution in [1.82, 2.24) is 10.2 Å². The van der Waals surface area contributed by atoms with E-state index < -0.39 is 0 Å². The summed E-state index contributed by atoms with van der Waals surface area (Å²) in [6.45, 7) is 3.04. The van der Waals surface area contributed by atoms with Crippen molar-refractivity contribution >= 4 is 5.97 Å². The van der Waals surface area contributed by atoms with Crippen LogP contribution < -0.4 is 5.32 Å². The van der Waals surface area contributed by atoms with Crippen LogP contribution in [0.25, 0.3) is 0 Å². The molecule has 0 saturated carbocycles. The second-order valence-corrected chi connectivity index (χ2v) is 4.51. The fourth-order valence-electron chi connectivity index (χ4n) is 2.83. The number of rotatable bonds is 1. The number of ether oxygens (including phenoxy) is 1. The number of hydrogen-bond donors (Lipinski definition) is 1. The fraction of sp³-hybridized carbons (Fsp3) is 0.900. The lowest BCUT2D eigenvalue weighted by Gasteiger charge is -2.28. The summed E-state index contributed by atoms with van der Waals surface area (Å²) in [5, 5.41) is 3.26. The first kappa shape index (κ1) is 9.93. The first-order chi connectivity index (χ1) is 6.68. The van der Waals surface area contributed by atoms with Crippen molar-refractivity contribution in [3.05, 3.63) is 0 Å². The maximum atomic E-state index is 11.6. The van der Waals surface area contributed by atoms with Gasteiger partial charge in [-0.05, 0) is 33.0 Å². The van der Waals surface area contributed by atoms with Gasteiger partial charge in [0.25, 0.3) is 0 Å². The number of nitrogens with one attached hydrogen (secondary N) is 1. The van der Waals surface area contributed by atoms with Gasteiger partial charge in [0.15, 0.2) is 0 Å². The minimum atomic E-state index is -0.0993. The van der Waals surface area contributed by atoms with Crippen LogP contribution in [0.4, 0.5) is 0 Å². The van der Waals surface area contributed by atoms with Crippen molar-refractivity contribution in [2.45, 2.75) is 18.9 Å². The summed E-state index contributed by atoms with van der Waals surface area (Å²) >= 11 is 0. The molecule has 2 aliphatic rings. The Hall–Kier alpha value is -0.610. The summed E-state index contributed by atoms with van der Waals surface area (Å²) in [5.74, 6) is -0.0993. The normalized spacial score (nSPS) is 38.0. The van der Waals surface area contributed by atoms with Crippen molar-refractivity contribution in [3.63, 3.8) is 0 Å². The number of likely N-dealkylation sites (tertiary alicyclic amines) is 1. The maximum absolute atomic E-state index is 11.6. The second kappa shape index (κ2) is 3.51. The number of nitrogens with zero attached hydrogens (tertiary/aromatic N) is 1. The van der Waals surface area contributed by atoms with Crippen molar-refractivity contribution in [1.29, 1.82) is 0 Å². The number of hydrogen-bond acceptors (Lipinski definition) is 4. The van der Waals surface area contributed by atoms with E-state index in [4.69, 9.17) is 4.74 Å². The quantitative estimate of drug-likeness (QED) is 0.595. The van der Waals surface area contributed by atoms with Crippen molar-refractivity contribution < 1.29 is 9.53 Å². The molecule has 4 heteroatoms. The molecule has 2 fully saturated rings. The van der Waals surface area contributed by atoms with E-state index in [2.05, 4.69) is 17.3 Å². The average Bonchev–Trinajstić information content (AvgIpc) is 2.74. The number of carbonyl (C=O) groups is 1. The van der Waals surface area contributed by atoms with E-state index in [1.165, 1.54) is 7.11 Å². The van der Waals surface area contributed by atoms with Gasteiger partial charge < -0.3 is 15.0 Å². The Labute approximate surface area is 84.6 Å². The zero-order valence-corrected chi connectivity index (χ0v) is 8.88. The van der Waals surface area contributed by atoms with E-state index in [9.17, 15) is 4.79 Å². The Morgan fingerprint density at radius 3 is 2.93 bits per heavy atom. The average molecular weight is 198 g/mol. The number of methoxy groups -OCH3 is 1. The lowest BCUT2D eigenvalue weighted by molar-refractivity contribution is -0.145. The van der Waals surface area contributed by atoms with Gasteiger partial charge in [0.05, 0.1) is 7.11 Å². The minimum Gasteiger partial charge on any atom is -0.468 e. The molecule has 0 aromatic heterocycles. The number of esters is 1. The first-order valence-electron chi connectivity index (χ1n) is 5.18. The van der Waals surface area contributed by atoms with Crippen LogP contribution in [-0.4, -0.2) is 50.7 Å². The monoisotopic (exact) mass is 198 g/mol. The highest BCUT2D eigenvalue weighted by Crippen LogP contribution is 2.40. The van der Waals surface area contributed by atoms with E-state index in [0.29, 0.717) is 0 Å². The molecule has 2 unspecified atom stereocenters. The smallest absolute Gasteiger partial charge is 0.323 e. The summed E-state index contributed by atoms with van der Waals surface area (Å²) in [5.41, 5.74) is 0.141. The lowest BCUT2D eigenvalue weighted by atomic mass is 9.79. The molecular weight excluding hydrogens is 180 g/mol. The minimum absolute atomic E-state index is 0.0857. The molecule has 0 radical (unpaired) electrons. The van der Waals surface area contributed by atoms with Gasteiger partial charge in [-0.15, -0.1) is 0 Å². The predicted octanol–water partition coefficient (Wildman–Crippen LogP) is -0.157. The molecule has 2 atom stereocenters. The van der Waals surface area contributed by atoms with E-state index in [1.54, 1.807) is 0 Å². The summed E-state index contributed by atoms with van der Waals surface area (Å²) < 4.78 is 4.84. The Balaban J connectivity index is 2.13. The van der Waals surface area contributed by atoms with E-state index in [0.717, 1.165) is 32.5 Å². The summed E-state index contributed by atoms with van der Waals surface area (Å²) in [6.07, 6.45) is 2.20. The third-order valence-corrected chi connectivity index (χ3v) is 3.60. The summed E-state index contributed by atoms with van der Waals surface area (Å²) in [7, 11) is 3.58. The Kier molecular flexibility index (Phi) is 2.49. The molecule has 0 bridgehead atoms. The molecule has 2 heterocycles. The Morgan fingerprint density at radius 2 is 2.36 bits per heavy atom. The van der Waals surface area contributed by atoms with Gasteiger partial charge in [-0.1, -0.05) is 0 Å². The van der Waals surface area contributed by atoms with E-state index >= 15 is 0 Å². The molecule has 0 aromatic rings. The van der Waals surface area contributed by atoms with Crippen LogP contribution in [0.15, 0.2) is 0 Å². The summed E-state index contributed by atoms with van der Waals surface area (Å²) in [4.78, 5) is 13.9. The van der Waals surface area contributed by atoms with Gasteiger partial charge in [0, 0.05) is 12.0 Å². The zero-order valence-electron chi connectivity index (χ0n) is 8.88. The van der Waals surface area contributed by atoms with E-state index in [-0.39, 0.29) is 17.4 Å². The Bertz CT molecular complexity index is 244. The number of carbonyl (C=O) groups excluding carboxylic acids is 1. The van der Waals surface area contributed by atoms with Crippen LogP contribution in [-0.2, 0) is 9.53 Å². The van der Waals surface area contributed by atoms with Gasteiger partial charge >= 0.3 is 5.97 Å². The van der Waals surface area contributed by atoms with Crippen LogP contribution in [0.5, 0.6) is 0 Å². The third-order valence-electron chi connectivity index (χ3n) is 3.60. The molecule has 80 valence electrons. The predicted molar refractivity (Wildman–Crippen MR) is 53.0 cm³/mol. The standard InChI is InChI=1S/C10H18N2O2/c1-12-6-4-10(7-12)3-5-11-8(10)9(13)14-2/h8,11H,3-7H2,1-2H3. The second-order valence-electron chi connectivity index (χ2n) is 4.51. The van der Waals surface area contributed by atoms with Gasteiger partial charge in [-0.2, -0.15) is 0 Å². The molecule has 2 aliphatic heterocycles. The van der Waals surface area contributed by atoms with Crippen LogP contribution >= 0.6 is 0 Å². The molecular formula is C10H18N2O2. The SMILES string of the molecule is COC(=O)C1NCCC12CCN(C)C2. The molecule has 4 nitrogen and oxygen atoms in total. The highest BCUT2D eigenvalue weighted by molar-refractivity contribution is 5.77. The zero-order chi connectivity index (χ0) is 10.2. The van der Waals surface area contributed by atoms with E-state index in [1.807, 2.05) is 0 Å². The highest BCUT2D eigenvalue weighted by Gasteiger charge is 2.50. The first-order valence-corrected chi connectivity index (χ1v) is 5.18. The molecule has 2 rings (SSSR count). The molecule has 1 N–H and O–H groups in total. The highest BCUT2D eigenvalue weighted by atomic mass is 16.5. The topological polar surface area (TPSA) is 41.6 Å². The van der Waals surface area contributed by atoms with Crippen LogP contribution in [0, 0.1) is 5.41 Å². The Morgan fingerprint density at radius 1 is 1.57 bits per heavy atom. The third kappa shape index (κ3) is 1.42. The van der Waals surface area contributed by atoms with Gasteiger partial charge in [0.2, 0.25) is 0 Å².